The lowest BCUT2D eigenvalue weighted by Crippen LogP contribution is -2.38. The minimum atomic E-state index is -5.08. The van der Waals surface area contributed by atoms with E-state index in [0.29, 0.717) is 11.4 Å². The van der Waals surface area contributed by atoms with Crippen LogP contribution in [-0.2, 0) is 29.8 Å². The molecule has 13 heteroatoms. The summed E-state index contributed by atoms with van der Waals surface area (Å²) in [7, 11) is -3.77. The molecule has 1 aliphatic carbocycles. The number of hydrogen-bond donors (Lipinski definition) is 4. The molecule has 36 heavy (non-hydrogen) atoms. The van der Waals surface area contributed by atoms with Crippen molar-refractivity contribution in [2.45, 2.75) is 56.1 Å². The molecule has 1 saturated carbocycles. The molecule has 2 aromatic carbocycles. The van der Waals surface area contributed by atoms with Crippen molar-refractivity contribution in [3.05, 3.63) is 54.1 Å². The van der Waals surface area contributed by atoms with Crippen LogP contribution in [0, 0.1) is 0 Å². The number of alkyl halides is 3. The first-order valence-electron chi connectivity index (χ1n) is 10.7. The number of anilines is 2. The lowest BCUT2D eigenvalue weighted by atomic mass is 9.94. The molecule has 0 bridgehead atoms. The minimum absolute atomic E-state index is 0.0140. The third-order valence-corrected chi connectivity index (χ3v) is 6.42. The number of carbonyl (C=O) groups is 3. The van der Waals surface area contributed by atoms with Gasteiger partial charge in [-0.05, 0) is 68.7 Å². The van der Waals surface area contributed by atoms with Gasteiger partial charge in [-0.25, -0.2) is 13.2 Å². The van der Waals surface area contributed by atoms with E-state index in [-0.39, 0.29) is 22.8 Å². The SMILES string of the molecule is CC(=O)Nc1ccc(S(=O)(=O)Nc2ccc(C3(C(=O)NC(C)C)CC3)cc2)cc1.O=C(O)C(F)(F)F. The molecule has 4 N–H and O–H groups in total. The van der Waals surface area contributed by atoms with Gasteiger partial charge < -0.3 is 15.7 Å². The Morgan fingerprint density at radius 3 is 1.81 bits per heavy atom. The molecule has 196 valence electrons. The lowest BCUT2D eigenvalue weighted by Gasteiger charge is -2.18. The van der Waals surface area contributed by atoms with Crippen LogP contribution >= 0.6 is 0 Å². The molecule has 9 nitrogen and oxygen atoms in total. The summed E-state index contributed by atoms with van der Waals surface area (Å²) in [5, 5.41) is 12.7. The van der Waals surface area contributed by atoms with Gasteiger partial charge in [0.1, 0.15) is 0 Å². The minimum Gasteiger partial charge on any atom is -0.475 e. The molecular weight excluding hydrogens is 503 g/mol. The molecule has 0 unspecified atom stereocenters. The van der Waals surface area contributed by atoms with Gasteiger partial charge >= 0.3 is 12.1 Å². The fourth-order valence-electron chi connectivity index (χ4n) is 3.16. The first-order chi connectivity index (χ1) is 16.6. The van der Waals surface area contributed by atoms with Crippen LogP contribution in [-0.4, -0.2) is 43.5 Å². The molecule has 2 aromatic rings. The van der Waals surface area contributed by atoms with Crippen LogP contribution in [0.2, 0.25) is 0 Å². The zero-order valence-electron chi connectivity index (χ0n) is 19.6. The Hall–Kier alpha value is -3.61. The Labute approximate surface area is 206 Å². The second-order valence-electron chi connectivity index (χ2n) is 8.40. The molecule has 0 saturated heterocycles. The van der Waals surface area contributed by atoms with E-state index in [1.165, 1.54) is 31.2 Å². The third kappa shape index (κ3) is 7.70. The van der Waals surface area contributed by atoms with Gasteiger partial charge in [0.15, 0.2) is 0 Å². The second-order valence-corrected chi connectivity index (χ2v) is 10.1. The number of carbonyl (C=O) groups excluding carboxylic acids is 2. The second kappa shape index (κ2) is 11.0. The highest BCUT2D eigenvalue weighted by molar-refractivity contribution is 7.92. The van der Waals surface area contributed by atoms with Gasteiger partial charge in [-0.15, -0.1) is 0 Å². The fraction of sp³-hybridized carbons (Fsp3) is 0.348. The number of benzene rings is 2. The Bertz CT molecular complexity index is 1210. The molecule has 0 aromatic heterocycles. The number of amides is 2. The summed E-state index contributed by atoms with van der Waals surface area (Å²) in [6.07, 6.45) is -3.51. The van der Waals surface area contributed by atoms with Gasteiger partial charge in [0.05, 0.1) is 10.3 Å². The number of nitrogens with one attached hydrogen (secondary N) is 3. The first-order valence-corrected chi connectivity index (χ1v) is 12.2. The van der Waals surface area contributed by atoms with Crippen molar-refractivity contribution in [2.75, 3.05) is 10.0 Å². The van der Waals surface area contributed by atoms with Gasteiger partial charge in [-0.1, -0.05) is 12.1 Å². The van der Waals surface area contributed by atoms with Crippen molar-refractivity contribution in [3.8, 4) is 0 Å². The predicted octanol–water partition coefficient (Wildman–Crippen LogP) is 3.64. The fourth-order valence-corrected chi connectivity index (χ4v) is 4.22. The van der Waals surface area contributed by atoms with Crippen molar-refractivity contribution in [2.24, 2.45) is 0 Å². The van der Waals surface area contributed by atoms with Gasteiger partial charge in [-0.2, -0.15) is 13.2 Å². The summed E-state index contributed by atoms with van der Waals surface area (Å²) in [4.78, 5) is 32.5. The third-order valence-electron chi connectivity index (χ3n) is 5.02. The maximum atomic E-state index is 12.6. The topological polar surface area (TPSA) is 142 Å². The van der Waals surface area contributed by atoms with Crippen molar-refractivity contribution in [3.63, 3.8) is 0 Å². The summed E-state index contributed by atoms with van der Waals surface area (Å²) in [6.45, 7) is 5.23. The summed E-state index contributed by atoms with van der Waals surface area (Å²) in [5.41, 5.74) is 1.33. The lowest BCUT2D eigenvalue weighted by molar-refractivity contribution is -0.192. The monoisotopic (exact) mass is 529 g/mol. The van der Waals surface area contributed by atoms with E-state index >= 15 is 0 Å². The molecule has 3 rings (SSSR count). The summed E-state index contributed by atoms with van der Waals surface area (Å²) in [6, 6.07) is 12.9. The van der Waals surface area contributed by atoms with Crippen molar-refractivity contribution < 1.29 is 41.1 Å². The number of aliphatic carboxylic acids is 1. The molecule has 2 amide bonds. The summed E-state index contributed by atoms with van der Waals surface area (Å²) < 4.78 is 59.5. The number of rotatable bonds is 7. The van der Waals surface area contributed by atoms with Crippen LogP contribution in [0.15, 0.2) is 53.4 Å². The number of carboxylic acid groups (broad SMARTS) is 1. The van der Waals surface area contributed by atoms with E-state index < -0.39 is 27.6 Å². The molecular formula is C23H26F3N3O6S. The molecule has 0 spiro atoms. The summed E-state index contributed by atoms with van der Waals surface area (Å²) in [5.74, 6) is -2.97. The number of halogens is 3. The van der Waals surface area contributed by atoms with E-state index in [9.17, 15) is 31.2 Å². The molecule has 0 heterocycles. The Morgan fingerprint density at radius 2 is 1.42 bits per heavy atom. The van der Waals surface area contributed by atoms with Crippen LogP contribution in [0.1, 0.15) is 39.2 Å². The van der Waals surface area contributed by atoms with Gasteiger partial charge in [0, 0.05) is 24.3 Å². The molecule has 1 fully saturated rings. The maximum Gasteiger partial charge on any atom is 0.490 e. The van der Waals surface area contributed by atoms with E-state index in [1.54, 1.807) is 24.3 Å². The van der Waals surface area contributed by atoms with Crippen LogP contribution in [0.3, 0.4) is 0 Å². The average molecular weight is 530 g/mol. The zero-order chi connectivity index (χ0) is 27.3. The normalized spacial score (nSPS) is 14.2. The van der Waals surface area contributed by atoms with Crippen LogP contribution in [0.25, 0.3) is 0 Å². The Morgan fingerprint density at radius 1 is 0.944 bits per heavy atom. The molecule has 0 atom stereocenters. The van der Waals surface area contributed by atoms with Gasteiger partial charge in [0.25, 0.3) is 10.0 Å². The van der Waals surface area contributed by atoms with Crippen molar-refractivity contribution in [1.82, 2.24) is 5.32 Å². The molecule has 0 aliphatic heterocycles. The first kappa shape index (κ1) is 28.6. The molecule has 0 radical (unpaired) electrons. The van der Waals surface area contributed by atoms with Crippen molar-refractivity contribution >= 4 is 39.2 Å². The van der Waals surface area contributed by atoms with Gasteiger partial charge in [-0.3, -0.25) is 14.3 Å². The van der Waals surface area contributed by atoms with E-state index in [2.05, 4.69) is 15.4 Å². The van der Waals surface area contributed by atoms with Crippen molar-refractivity contribution in [1.29, 1.82) is 0 Å². The zero-order valence-corrected chi connectivity index (χ0v) is 20.5. The number of carboxylic acids is 1. The quantitative estimate of drug-likeness (QED) is 0.432. The average Bonchev–Trinajstić information content (AvgIpc) is 3.55. The smallest absolute Gasteiger partial charge is 0.475 e. The Balaban J connectivity index is 0.000000572. The largest absolute Gasteiger partial charge is 0.490 e. The Kier molecular flexibility index (Phi) is 8.73. The number of sulfonamides is 1. The summed E-state index contributed by atoms with van der Waals surface area (Å²) >= 11 is 0. The highest BCUT2D eigenvalue weighted by Crippen LogP contribution is 2.48. The van der Waals surface area contributed by atoms with E-state index in [0.717, 1.165) is 18.4 Å². The maximum absolute atomic E-state index is 12.6. The number of hydrogen-bond acceptors (Lipinski definition) is 5. The predicted molar refractivity (Wildman–Crippen MR) is 126 cm³/mol. The van der Waals surface area contributed by atoms with Crippen LogP contribution in [0.4, 0.5) is 24.5 Å². The standard InChI is InChI=1S/C21H25N3O4S.C2HF3O2/c1-14(2)22-20(26)21(12-13-21)16-4-6-18(7-5-16)24-29(27,28)19-10-8-17(9-11-19)23-15(3)25;3-2(4,5)1(6)7/h4-11,14,24H,12-13H2,1-3H3,(H,22,26)(H,23,25);(H,6,7). The highest BCUT2D eigenvalue weighted by Gasteiger charge is 2.51. The van der Waals surface area contributed by atoms with Gasteiger partial charge in [0.2, 0.25) is 11.8 Å². The van der Waals surface area contributed by atoms with E-state index in [4.69, 9.17) is 9.90 Å². The van der Waals surface area contributed by atoms with E-state index in [1.807, 2.05) is 13.8 Å². The van der Waals surface area contributed by atoms with Crippen LogP contribution < -0.4 is 15.4 Å². The molecule has 1 aliphatic rings. The highest BCUT2D eigenvalue weighted by atomic mass is 32.2. The van der Waals surface area contributed by atoms with Crippen LogP contribution in [0.5, 0.6) is 0 Å².